The molecule has 0 aliphatic carbocycles. The van der Waals surface area contributed by atoms with Gasteiger partial charge in [0.05, 0.1) is 5.75 Å². The molecule has 0 heterocycles. The van der Waals surface area contributed by atoms with Crippen LogP contribution in [0.25, 0.3) is 0 Å². The van der Waals surface area contributed by atoms with Crippen molar-refractivity contribution < 1.29 is 13.0 Å². The molecule has 0 amide bonds. The summed E-state index contributed by atoms with van der Waals surface area (Å²) in [5.41, 5.74) is 0. The Kier molecular flexibility index (Phi) is 4.75. The summed E-state index contributed by atoms with van der Waals surface area (Å²) in [6.07, 6.45) is 0.339. The predicted octanol–water partition coefficient (Wildman–Crippen LogP) is 0.492. The second-order valence-corrected chi connectivity index (χ2v) is 4.58. The van der Waals surface area contributed by atoms with Crippen molar-refractivity contribution in [3.05, 3.63) is 0 Å². The van der Waals surface area contributed by atoms with E-state index >= 15 is 0 Å². The van der Waals surface area contributed by atoms with Crippen molar-refractivity contribution in [1.82, 2.24) is 0 Å². The summed E-state index contributed by atoms with van der Waals surface area (Å²) < 4.78 is 28.6. The summed E-state index contributed by atoms with van der Waals surface area (Å²) in [4.78, 5) is 0. The third kappa shape index (κ3) is 6.73. The van der Waals surface area contributed by atoms with Crippen molar-refractivity contribution in [2.75, 3.05) is 11.5 Å². The molecule has 0 fully saturated rings. The summed E-state index contributed by atoms with van der Waals surface area (Å²) in [6.45, 7) is 0. The lowest BCUT2D eigenvalue weighted by molar-refractivity contribution is 0.481. The molecular formula is C4H10O3S3. The normalized spacial score (nSPS) is 15.1. The lowest BCUT2D eigenvalue weighted by Gasteiger charge is -2.03. The van der Waals surface area contributed by atoms with Crippen LogP contribution in [0.5, 0.6) is 0 Å². The molecule has 0 radical (unpaired) electrons. The van der Waals surface area contributed by atoms with E-state index in [1.165, 1.54) is 0 Å². The first-order chi connectivity index (χ1) is 4.45. The van der Waals surface area contributed by atoms with Crippen molar-refractivity contribution in [3.63, 3.8) is 0 Å². The standard InChI is InChI=1S/C4H10O3S3/c5-10(6,7)2-1-4(9)3-8/h4,8-9H,1-3H2,(H,5,6,7). The SMILES string of the molecule is O=S(=O)(O)CCC(S)CS. The lowest BCUT2D eigenvalue weighted by Crippen LogP contribution is -2.10. The Bertz CT molecular complexity index is 174. The van der Waals surface area contributed by atoms with Crippen LogP contribution in [0.4, 0.5) is 0 Å². The topological polar surface area (TPSA) is 54.4 Å². The Morgan fingerprint density at radius 1 is 1.50 bits per heavy atom. The molecule has 0 bridgehead atoms. The molecule has 0 saturated heterocycles. The van der Waals surface area contributed by atoms with Crippen molar-refractivity contribution in [2.45, 2.75) is 11.7 Å². The highest BCUT2D eigenvalue weighted by molar-refractivity contribution is 7.86. The maximum atomic E-state index is 10.1. The van der Waals surface area contributed by atoms with E-state index < -0.39 is 10.1 Å². The number of hydrogen-bond donors (Lipinski definition) is 3. The summed E-state index contributed by atoms with van der Waals surface area (Å²) in [7, 11) is -3.81. The first-order valence-corrected chi connectivity index (χ1v) is 5.45. The predicted molar refractivity (Wildman–Crippen MR) is 47.7 cm³/mol. The molecule has 3 nitrogen and oxygen atoms in total. The van der Waals surface area contributed by atoms with E-state index in [0.29, 0.717) is 12.2 Å². The molecule has 62 valence electrons. The van der Waals surface area contributed by atoms with Crippen LogP contribution in [-0.2, 0) is 10.1 Å². The van der Waals surface area contributed by atoms with Gasteiger partial charge in [0.25, 0.3) is 10.1 Å². The van der Waals surface area contributed by atoms with Gasteiger partial charge in [0.1, 0.15) is 0 Å². The number of rotatable bonds is 4. The van der Waals surface area contributed by atoms with Crippen molar-refractivity contribution >= 4 is 35.4 Å². The first-order valence-electron chi connectivity index (χ1n) is 2.70. The zero-order valence-corrected chi connectivity index (χ0v) is 7.87. The van der Waals surface area contributed by atoms with E-state index in [1.807, 2.05) is 0 Å². The highest BCUT2D eigenvalue weighted by Crippen LogP contribution is 2.04. The quantitative estimate of drug-likeness (QED) is 0.459. The Morgan fingerprint density at radius 2 is 2.00 bits per heavy atom. The smallest absolute Gasteiger partial charge is 0.264 e. The second kappa shape index (κ2) is 4.48. The van der Waals surface area contributed by atoms with Crippen LogP contribution in [-0.4, -0.2) is 29.7 Å². The maximum absolute atomic E-state index is 10.1. The minimum Gasteiger partial charge on any atom is -0.286 e. The van der Waals surface area contributed by atoms with E-state index in [-0.39, 0.29) is 11.0 Å². The highest BCUT2D eigenvalue weighted by atomic mass is 32.2. The molecule has 10 heavy (non-hydrogen) atoms. The minimum atomic E-state index is -3.81. The average Bonchev–Trinajstić information content (AvgIpc) is 1.81. The second-order valence-electron chi connectivity index (χ2n) is 1.91. The third-order valence-electron chi connectivity index (χ3n) is 0.920. The molecule has 0 rings (SSSR count). The van der Waals surface area contributed by atoms with Crippen LogP contribution in [0, 0.1) is 0 Å². The molecule has 0 aliphatic rings. The van der Waals surface area contributed by atoms with Gasteiger partial charge in [-0.15, -0.1) is 0 Å². The van der Waals surface area contributed by atoms with Gasteiger partial charge in [0.15, 0.2) is 0 Å². The van der Waals surface area contributed by atoms with Crippen LogP contribution < -0.4 is 0 Å². The Hall–Kier alpha value is 0.610. The zero-order valence-electron chi connectivity index (χ0n) is 5.27. The van der Waals surface area contributed by atoms with Gasteiger partial charge >= 0.3 is 0 Å². The fourth-order valence-electron chi connectivity index (χ4n) is 0.376. The molecule has 0 aromatic heterocycles. The fourth-order valence-corrected chi connectivity index (χ4v) is 1.44. The van der Waals surface area contributed by atoms with Crippen molar-refractivity contribution in [2.24, 2.45) is 0 Å². The van der Waals surface area contributed by atoms with E-state index in [9.17, 15) is 8.42 Å². The van der Waals surface area contributed by atoms with Crippen LogP contribution in [0.15, 0.2) is 0 Å². The van der Waals surface area contributed by atoms with Gasteiger partial charge in [-0.2, -0.15) is 33.7 Å². The van der Waals surface area contributed by atoms with Crippen LogP contribution in [0.1, 0.15) is 6.42 Å². The van der Waals surface area contributed by atoms with Gasteiger partial charge < -0.3 is 0 Å². The molecule has 0 aliphatic heterocycles. The average molecular weight is 202 g/mol. The van der Waals surface area contributed by atoms with Gasteiger partial charge in [0, 0.05) is 11.0 Å². The summed E-state index contributed by atoms with van der Waals surface area (Å²) in [5, 5.41) is -0.0646. The van der Waals surface area contributed by atoms with Gasteiger partial charge in [0.2, 0.25) is 0 Å². The largest absolute Gasteiger partial charge is 0.286 e. The number of thiol groups is 2. The molecular weight excluding hydrogens is 192 g/mol. The molecule has 0 aromatic rings. The zero-order chi connectivity index (χ0) is 8.20. The summed E-state index contributed by atoms with van der Waals surface area (Å²) >= 11 is 7.88. The maximum Gasteiger partial charge on any atom is 0.264 e. The lowest BCUT2D eigenvalue weighted by atomic mass is 10.4. The summed E-state index contributed by atoms with van der Waals surface area (Å²) in [5.74, 6) is 0.278. The van der Waals surface area contributed by atoms with Crippen molar-refractivity contribution in [1.29, 1.82) is 0 Å². The van der Waals surface area contributed by atoms with Crippen molar-refractivity contribution in [3.8, 4) is 0 Å². The molecule has 0 aromatic carbocycles. The Labute approximate surface area is 71.8 Å². The van der Waals surface area contributed by atoms with Gasteiger partial charge in [-0.05, 0) is 6.42 Å². The van der Waals surface area contributed by atoms with Crippen LogP contribution >= 0.6 is 25.3 Å². The van der Waals surface area contributed by atoms with Gasteiger partial charge in [-0.1, -0.05) is 0 Å². The van der Waals surface area contributed by atoms with Gasteiger partial charge in [-0.25, -0.2) is 0 Å². The van der Waals surface area contributed by atoms with E-state index in [1.54, 1.807) is 0 Å². The van der Waals surface area contributed by atoms with E-state index in [0.717, 1.165) is 0 Å². The summed E-state index contributed by atoms with van der Waals surface area (Å²) in [6, 6.07) is 0. The van der Waals surface area contributed by atoms with Crippen LogP contribution in [0.3, 0.4) is 0 Å². The molecule has 0 spiro atoms. The third-order valence-corrected chi connectivity index (χ3v) is 2.84. The molecule has 0 saturated carbocycles. The van der Waals surface area contributed by atoms with E-state index in [2.05, 4.69) is 25.3 Å². The van der Waals surface area contributed by atoms with E-state index in [4.69, 9.17) is 4.55 Å². The Balaban J connectivity index is 3.56. The molecule has 6 heteroatoms. The molecule has 1 atom stereocenters. The first kappa shape index (κ1) is 10.6. The number of hydrogen-bond acceptors (Lipinski definition) is 4. The fraction of sp³-hybridized carbons (Fsp3) is 1.00. The molecule has 1 N–H and O–H groups in total. The molecule has 1 unspecified atom stereocenters. The minimum absolute atomic E-state index is 0.0646. The van der Waals surface area contributed by atoms with Gasteiger partial charge in [-0.3, -0.25) is 4.55 Å². The monoisotopic (exact) mass is 202 g/mol. The Morgan fingerprint density at radius 3 is 2.30 bits per heavy atom. The van der Waals surface area contributed by atoms with Crippen LogP contribution in [0.2, 0.25) is 0 Å². The highest BCUT2D eigenvalue weighted by Gasteiger charge is 2.07.